The Kier molecular flexibility index (Phi) is 10.8. The van der Waals surface area contributed by atoms with Gasteiger partial charge in [-0.05, 0) is 38.1 Å². The Labute approximate surface area is 168 Å². The summed E-state index contributed by atoms with van der Waals surface area (Å²) in [5.74, 6) is 2.22. The van der Waals surface area contributed by atoms with E-state index in [4.69, 9.17) is 0 Å². The number of likely N-dealkylation sites (N-methyl/N-ethyl adjacent to an activating group) is 1. The summed E-state index contributed by atoms with van der Waals surface area (Å²) in [7, 11) is 4.01. The molecule has 1 aliphatic heterocycles. The van der Waals surface area contributed by atoms with E-state index in [0.29, 0.717) is 6.04 Å². The van der Waals surface area contributed by atoms with Gasteiger partial charge in [-0.25, -0.2) is 0 Å². The van der Waals surface area contributed by atoms with Crippen LogP contribution in [0.15, 0.2) is 35.3 Å². The van der Waals surface area contributed by atoms with Crippen molar-refractivity contribution >= 4 is 41.7 Å². The topological polar surface area (TPSA) is 39.7 Å². The Bertz CT molecular complexity index is 477. The van der Waals surface area contributed by atoms with Crippen LogP contribution in [0.25, 0.3) is 0 Å². The van der Waals surface area contributed by atoms with E-state index in [0.717, 1.165) is 30.8 Å². The number of halogens is 1. The van der Waals surface area contributed by atoms with Crippen LogP contribution in [0.3, 0.4) is 0 Å². The normalized spacial score (nSPS) is 19.0. The molecule has 2 unspecified atom stereocenters. The highest BCUT2D eigenvalue weighted by atomic mass is 127. The Hall–Kier alpha value is -0.470. The fourth-order valence-corrected chi connectivity index (χ4v) is 3.87. The molecule has 1 aromatic rings. The molecule has 1 saturated heterocycles. The Balaban J connectivity index is 0.00000288. The van der Waals surface area contributed by atoms with Gasteiger partial charge >= 0.3 is 0 Å². The summed E-state index contributed by atoms with van der Waals surface area (Å²) in [5, 5.41) is 7.65. The molecular formula is C18H31IN4S. The largest absolute Gasteiger partial charge is 0.355 e. The number of aliphatic imine (C=N–C) groups is 1. The van der Waals surface area contributed by atoms with Crippen molar-refractivity contribution < 1.29 is 0 Å². The zero-order chi connectivity index (χ0) is 16.5. The van der Waals surface area contributed by atoms with Crippen molar-refractivity contribution in [1.82, 2.24) is 15.5 Å². The standard InChI is InChI=1S/C18H30N4S.HI/c1-15(22(3)14-16-8-5-4-6-9-16)12-20-18(19-2)21-13-17-10-7-11-23-17;/h4-6,8-9,15,17H,7,10-14H2,1-3H3,(H2,19,20,21);1H. The number of nitrogens with one attached hydrogen (secondary N) is 2. The maximum absolute atomic E-state index is 4.33. The van der Waals surface area contributed by atoms with Crippen LogP contribution in [-0.4, -0.2) is 55.1 Å². The minimum Gasteiger partial charge on any atom is -0.355 e. The summed E-state index contributed by atoms with van der Waals surface area (Å²) in [4.78, 5) is 6.69. The average Bonchev–Trinajstić information content (AvgIpc) is 3.09. The van der Waals surface area contributed by atoms with Gasteiger partial charge in [0.1, 0.15) is 0 Å². The van der Waals surface area contributed by atoms with E-state index < -0.39 is 0 Å². The predicted octanol–water partition coefficient (Wildman–Crippen LogP) is 3.19. The lowest BCUT2D eigenvalue weighted by Crippen LogP contribution is -2.45. The molecule has 0 radical (unpaired) electrons. The van der Waals surface area contributed by atoms with Crippen LogP contribution in [-0.2, 0) is 6.54 Å². The summed E-state index contributed by atoms with van der Waals surface area (Å²) in [6.07, 6.45) is 2.68. The molecule has 0 amide bonds. The SMILES string of the molecule is CN=C(NCC1CCCS1)NCC(C)N(C)Cc1ccccc1.I. The molecule has 0 spiro atoms. The van der Waals surface area contributed by atoms with Gasteiger partial charge in [-0.15, -0.1) is 24.0 Å². The molecule has 1 aromatic carbocycles. The molecule has 136 valence electrons. The second kappa shape index (κ2) is 12.0. The minimum absolute atomic E-state index is 0. The summed E-state index contributed by atoms with van der Waals surface area (Å²) in [5.41, 5.74) is 1.35. The first kappa shape index (κ1) is 21.6. The first-order valence-corrected chi connectivity index (χ1v) is 9.54. The molecule has 1 aliphatic rings. The van der Waals surface area contributed by atoms with Crippen molar-refractivity contribution in [2.75, 3.05) is 32.9 Å². The van der Waals surface area contributed by atoms with Crippen LogP contribution in [0, 0.1) is 0 Å². The molecular weight excluding hydrogens is 431 g/mol. The van der Waals surface area contributed by atoms with E-state index in [9.17, 15) is 0 Å². The van der Waals surface area contributed by atoms with Crippen LogP contribution in [0.1, 0.15) is 25.3 Å². The van der Waals surface area contributed by atoms with Crippen LogP contribution in [0.2, 0.25) is 0 Å². The maximum Gasteiger partial charge on any atom is 0.191 e. The Morgan fingerprint density at radius 2 is 2.08 bits per heavy atom. The van der Waals surface area contributed by atoms with Gasteiger partial charge < -0.3 is 10.6 Å². The molecule has 4 nitrogen and oxygen atoms in total. The fraction of sp³-hybridized carbons (Fsp3) is 0.611. The summed E-state index contributed by atoms with van der Waals surface area (Å²) < 4.78 is 0. The van der Waals surface area contributed by atoms with Gasteiger partial charge in [0.25, 0.3) is 0 Å². The first-order valence-electron chi connectivity index (χ1n) is 8.49. The monoisotopic (exact) mass is 462 g/mol. The van der Waals surface area contributed by atoms with Crippen molar-refractivity contribution in [3.8, 4) is 0 Å². The average molecular weight is 462 g/mol. The van der Waals surface area contributed by atoms with Gasteiger partial charge in [-0.1, -0.05) is 30.3 Å². The summed E-state index contributed by atoms with van der Waals surface area (Å²) in [6, 6.07) is 11.0. The molecule has 2 rings (SSSR count). The van der Waals surface area contributed by atoms with Gasteiger partial charge in [0.2, 0.25) is 0 Å². The number of hydrogen-bond acceptors (Lipinski definition) is 3. The van der Waals surface area contributed by atoms with E-state index in [1.54, 1.807) is 0 Å². The third-order valence-corrected chi connectivity index (χ3v) is 5.74. The van der Waals surface area contributed by atoms with Crippen molar-refractivity contribution in [2.45, 2.75) is 37.6 Å². The van der Waals surface area contributed by atoms with Gasteiger partial charge in [-0.3, -0.25) is 9.89 Å². The molecule has 1 heterocycles. The van der Waals surface area contributed by atoms with Gasteiger partial charge in [-0.2, -0.15) is 11.8 Å². The Morgan fingerprint density at radius 1 is 1.33 bits per heavy atom. The van der Waals surface area contributed by atoms with E-state index in [-0.39, 0.29) is 24.0 Å². The lowest BCUT2D eigenvalue weighted by atomic mass is 10.2. The molecule has 0 saturated carbocycles. The number of nitrogens with zero attached hydrogens (tertiary/aromatic N) is 2. The zero-order valence-electron chi connectivity index (χ0n) is 15.0. The van der Waals surface area contributed by atoms with Crippen molar-refractivity contribution in [3.63, 3.8) is 0 Å². The molecule has 1 fully saturated rings. The predicted molar refractivity (Wildman–Crippen MR) is 118 cm³/mol. The molecule has 24 heavy (non-hydrogen) atoms. The molecule has 0 bridgehead atoms. The third-order valence-electron chi connectivity index (χ3n) is 4.34. The van der Waals surface area contributed by atoms with Gasteiger partial charge in [0, 0.05) is 38.0 Å². The smallest absolute Gasteiger partial charge is 0.191 e. The zero-order valence-corrected chi connectivity index (χ0v) is 18.1. The van der Waals surface area contributed by atoms with E-state index in [2.05, 4.69) is 76.6 Å². The van der Waals surface area contributed by atoms with Crippen LogP contribution < -0.4 is 10.6 Å². The number of benzene rings is 1. The summed E-state index contributed by atoms with van der Waals surface area (Å²) >= 11 is 2.07. The highest BCUT2D eigenvalue weighted by Crippen LogP contribution is 2.25. The highest BCUT2D eigenvalue weighted by Gasteiger charge is 2.16. The summed E-state index contributed by atoms with van der Waals surface area (Å²) in [6.45, 7) is 5.11. The van der Waals surface area contributed by atoms with Crippen molar-refractivity contribution in [1.29, 1.82) is 0 Å². The second-order valence-corrected chi connectivity index (χ2v) is 7.63. The van der Waals surface area contributed by atoms with E-state index in [1.165, 1.54) is 24.2 Å². The molecule has 0 aromatic heterocycles. The number of thioether (sulfide) groups is 1. The van der Waals surface area contributed by atoms with Crippen LogP contribution in [0.4, 0.5) is 0 Å². The van der Waals surface area contributed by atoms with Gasteiger partial charge in [0.15, 0.2) is 5.96 Å². The second-order valence-electron chi connectivity index (χ2n) is 6.22. The maximum atomic E-state index is 4.33. The van der Waals surface area contributed by atoms with Crippen molar-refractivity contribution in [3.05, 3.63) is 35.9 Å². The highest BCUT2D eigenvalue weighted by molar-refractivity contribution is 14.0. The quantitative estimate of drug-likeness (QED) is 0.371. The minimum atomic E-state index is 0. The molecule has 2 atom stereocenters. The first-order chi connectivity index (χ1) is 11.2. The van der Waals surface area contributed by atoms with Gasteiger partial charge in [0.05, 0.1) is 0 Å². The molecule has 2 N–H and O–H groups in total. The lowest BCUT2D eigenvalue weighted by Gasteiger charge is -2.26. The third kappa shape index (κ3) is 7.61. The molecule has 0 aliphatic carbocycles. The van der Waals surface area contributed by atoms with Crippen LogP contribution in [0.5, 0.6) is 0 Å². The van der Waals surface area contributed by atoms with Crippen LogP contribution >= 0.6 is 35.7 Å². The van der Waals surface area contributed by atoms with E-state index >= 15 is 0 Å². The van der Waals surface area contributed by atoms with E-state index in [1.807, 2.05) is 7.05 Å². The Morgan fingerprint density at radius 3 is 2.71 bits per heavy atom. The van der Waals surface area contributed by atoms with Crippen molar-refractivity contribution in [2.24, 2.45) is 4.99 Å². The fourth-order valence-electron chi connectivity index (χ4n) is 2.66. The number of guanidine groups is 1. The molecule has 6 heteroatoms. The lowest BCUT2D eigenvalue weighted by molar-refractivity contribution is 0.249. The number of rotatable bonds is 7. The number of hydrogen-bond donors (Lipinski definition) is 2.